The van der Waals surface area contributed by atoms with Crippen molar-refractivity contribution < 1.29 is 13.2 Å². The zero-order valence-corrected chi connectivity index (χ0v) is 7.38. The first-order chi connectivity index (χ1) is 6.57. The van der Waals surface area contributed by atoms with E-state index in [9.17, 15) is 13.2 Å². The first-order valence-electron chi connectivity index (χ1n) is 4.40. The molecular weight excluding hydrogens is 191 g/mol. The Bertz CT molecular complexity index is 351. The molecule has 1 saturated carbocycles. The third-order valence-corrected chi connectivity index (χ3v) is 2.66. The Hall–Kier alpha value is -1.03. The Labute approximate surface area is 79.7 Å². The standard InChI is InChI=1S/C10H10F3N/c11-7-3-1-2-6(4-7)9-8(5-14)10(9,12)13/h1-4,8-9H,5,14H2/t8-,9-/m1/s1. The third-order valence-electron chi connectivity index (χ3n) is 2.66. The quantitative estimate of drug-likeness (QED) is 0.779. The van der Waals surface area contributed by atoms with Crippen molar-refractivity contribution >= 4 is 0 Å². The SMILES string of the molecule is NC[C@@H]1[C@@H](c2cccc(F)c2)C1(F)F. The summed E-state index contributed by atoms with van der Waals surface area (Å²) in [6, 6.07) is 5.33. The van der Waals surface area contributed by atoms with E-state index in [0.29, 0.717) is 5.56 Å². The minimum Gasteiger partial charge on any atom is -0.330 e. The van der Waals surface area contributed by atoms with Crippen LogP contribution in [0.1, 0.15) is 11.5 Å². The topological polar surface area (TPSA) is 26.0 Å². The Kier molecular flexibility index (Phi) is 2.03. The van der Waals surface area contributed by atoms with Gasteiger partial charge in [-0.05, 0) is 17.7 Å². The molecule has 0 unspecified atom stereocenters. The summed E-state index contributed by atoms with van der Waals surface area (Å²) in [6.07, 6.45) is 0. The normalized spacial score (nSPS) is 28.9. The highest BCUT2D eigenvalue weighted by Crippen LogP contribution is 2.60. The molecule has 76 valence electrons. The fraction of sp³-hybridized carbons (Fsp3) is 0.400. The summed E-state index contributed by atoms with van der Waals surface area (Å²) in [4.78, 5) is 0. The summed E-state index contributed by atoms with van der Waals surface area (Å²) >= 11 is 0. The van der Waals surface area contributed by atoms with Crippen molar-refractivity contribution in [3.05, 3.63) is 35.6 Å². The highest BCUT2D eigenvalue weighted by Gasteiger charge is 2.67. The van der Waals surface area contributed by atoms with Gasteiger partial charge in [0.25, 0.3) is 5.92 Å². The summed E-state index contributed by atoms with van der Waals surface area (Å²) in [6.45, 7) is -0.0613. The molecule has 2 N–H and O–H groups in total. The van der Waals surface area contributed by atoms with Gasteiger partial charge in [0.2, 0.25) is 0 Å². The van der Waals surface area contributed by atoms with Crippen molar-refractivity contribution in [3.63, 3.8) is 0 Å². The molecule has 0 bridgehead atoms. The highest BCUT2D eigenvalue weighted by molar-refractivity contribution is 5.32. The second-order valence-electron chi connectivity index (χ2n) is 3.55. The molecule has 14 heavy (non-hydrogen) atoms. The van der Waals surface area contributed by atoms with Crippen LogP contribution in [0.15, 0.2) is 24.3 Å². The summed E-state index contributed by atoms with van der Waals surface area (Å²) in [7, 11) is 0. The zero-order chi connectivity index (χ0) is 10.3. The van der Waals surface area contributed by atoms with E-state index in [1.165, 1.54) is 18.2 Å². The molecule has 0 heterocycles. The van der Waals surface area contributed by atoms with Gasteiger partial charge in [-0.2, -0.15) is 0 Å². The Balaban J connectivity index is 2.26. The number of hydrogen-bond acceptors (Lipinski definition) is 1. The van der Waals surface area contributed by atoms with Gasteiger partial charge in [0, 0.05) is 12.5 Å². The van der Waals surface area contributed by atoms with E-state index >= 15 is 0 Å². The van der Waals surface area contributed by atoms with E-state index in [1.807, 2.05) is 0 Å². The monoisotopic (exact) mass is 201 g/mol. The molecule has 1 aliphatic carbocycles. The van der Waals surface area contributed by atoms with Gasteiger partial charge in [-0.1, -0.05) is 12.1 Å². The predicted octanol–water partition coefficient (Wildman–Crippen LogP) is 2.13. The summed E-state index contributed by atoms with van der Waals surface area (Å²) in [5.41, 5.74) is 5.54. The summed E-state index contributed by atoms with van der Waals surface area (Å²) < 4.78 is 38.9. The van der Waals surface area contributed by atoms with Crippen LogP contribution >= 0.6 is 0 Å². The molecule has 0 spiro atoms. The second-order valence-corrected chi connectivity index (χ2v) is 3.55. The molecule has 0 aromatic heterocycles. The van der Waals surface area contributed by atoms with Crippen LogP contribution in [0.5, 0.6) is 0 Å². The van der Waals surface area contributed by atoms with Crippen molar-refractivity contribution in [3.8, 4) is 0 Å². The molecule has 0 amide bonds. The van der Waals surface area contributed by atoms with E-state index in [1.54, 1.807) is 0 Å². The number of rotatable bonds is 2. The number of halogens is 3. The van der Waals surface area contributed by atoms with Gasteiger partial charge in [0.15, 0.2) is 0 Å². The van der Waals surface area contributed by atoms with Gasteiger partial charge >= 0.3 is 0 Å². The lowest BCUT2D eigenvalue weighted by molar-refractivity contribution is 0.0947. The third kappa shape index (κ3) is 1.30. The molecule has 1 nitrogen and oxygen atoms in total. The molecule has 0 aliphatic heterocycles. The molecule has 1 fully saturated rings. The van der Waals surface area contributed by atoms with Crippen LogP contribution < -0.4 is 5.73 Å². The number of benzene rings is 1. The van der Waals surface area contributed by atoms with Gasteiger partial charge in [0.05, 0.1) is 5.92 Å². The maximum atomic E-state index is 13.1. The maximum Gasteiger partial charge on any atom is 0.260 e. The van der Waals surface area contributed by atoms with Crippen molar-refractivity contribution in [1.82, 2.24) is 0 Å². The van der Waals surface area contributed by atoms with Gasteiger partial charge in [0.1, 0.15) is 5.82 Å². The van der Waals surface area contributed by atoms with Crippen molar-refractivity contribution in [2.24, 2.45) is 11.7 Å². The smallest absolute Gasteiger partial charge is 0.260 e. The number of hydrogen-bond donors (Lipinski definition) is 1. The molecule has 4 heteroatoms. The van der Waals surface area contributed by atoms with Crippen LogP contribution in [0.3, 0.4) is 0 Å². The highest BCUT2D eigenvalue weighted by atomic mass is 19.3. The fourth-order valence-corrected chi connectivity index (χ4v) is 1.84. The van der Waals surface area contributed by atoms with Crippen LogP contribution in [-0.2, 0) is 0 Å². The van der Waals surface area contributed by atoms with Crippen LogP contribution in [0, 0.1) is 11.7 Å². The molecule has 1 aromatic rings. The van der Waals surface area contributed by atoms with Gasteiger partial charge < -0.3 is 5.73 Å². The van der Waals surface area contributed by atoms with Crippen molar-refractivity contribution in [2.45, 2.75) is 11.8 Å². The number of nitrogens with two attached hydrogens (primary N) is 1. The largest absolute Gasteiger partial charge is 0.330 e. The summed E-state index contributed by atoms with van der Waals surface area (Å²) in [5.74, 6) is -4.98. The van der Waals surface area contributed by atoms with E-state index in [0.717, 1.165) is 6.07 Å². The van der Waals surface area contributed by atoms with Crippen molar-refractivity contribution in [1.29, 1.82) is 0 Å². The average molecular weight is 201 g/mol. The molecule has 2 rings (SSSR count). The summed E-state index contributed by atoms with van der Waals surface area (Å²) in [5, 5.41) is 0. The first-order valence-corrected chi connectivity index (χ1v) is 4.40. The molecule has 1 aromatic carbocycles. The van der Waals surface area contributed by atoms with E-state index in [-0.39, 0.29) is 6.54 Å². The van der Waals surface area contributed by atoms with Crippen LogP contribution in [0.4, 0.5) is 13.2 Å². The predicted molar refractivity (Wildman–Crippen MR) is 46.6 cm³/mol. The van der Waals surface area contributed by atoms with Gasteiger partial charge in [-0.15, -0.1) is 0 Å². The fourth-order valence-electron chi connectivity index (χ4n) is 1.84. The minimum atomic E-state index is -2.76. The average Bonchev–Trinajstić information content (AvgIpc) is 2.68. The Morgan fingerprint density at radius 1 is 1.36 bits per heavy atom. The maximum absolute atomic E-state index is 13.1. The second kappa shape index (κ2) is 2.98. The van der Waals surface area contributed by atoms with Crippen LogP contribution in [0.2, 0.25) is 0 Å². The molecule has 2 atom stereocenters. The van der Waals surface area contributed by atoms with Gasteiger partial charge in [-0.3, -0.25) is 0 Å². The lowest BCUT2D eigenvalue weighted by Crippen LogP contribution is -2.06. The van der Waals surface area contributed by atoms with Crippen molar-refractivity contribution in [2.75, 3.05) is 6.54 Å². The molecule has 0 saturated heterocycles. The Morgan fingerprint density at radius 3 is 2.57 bits per heavy atom. The van der Waals surface area contributed by atoms with E-state index in [2.05, 4.69) is 0 Å². The minimum absolute atomic E-state index is 0.0613. The lowest BCUT2D eigenvalue weighted by Gasteiger charge is -1.98. The lowest BCUT2D eigenvalue weighted by atomic mass is 10.1. The van der Waals surface area contributed by atoms with Gasteiger partial charge in [-0.25, -0.2) is 13.2 Å². The van der Waals surface area contributed by atoms with E-state index in [4.69, 9.17) is 5.73 Å². The number of alkyl halides is 2. The molecule has 1 aliphatic rings. The Morgan fingerprint density at radius 2 is 2.07 bits per heavy atom. The first kappa shape index (κ1) is 9.52. The van der Waals surface area contributed by atoms with E-state index < -0.39 is 23.6 Å². The molecule has 0 radical (unpaired) electrons. The van der Waals surface area contributed by atoms with Crippen LogP contribution in [-0.4, -0.2) is 12.5 Å². The van der Waals surface area contributed by atoms with Crippen LogP contribution in [0.25, 0.3) is 0 Å². The zero-order valence-electron chi connectivity index (χ0n) is 7.38. The molecular formula is C10H10F3N.